The summed E-state index contributed by atoms with van der Waals surface area (Å²) in [5.74, 6) is -1.05. The molecule has 1 aliphatic rings. The minimum atomic E-state index is -4.48. The molecule has 0 radical (unpaired) electrons. The molecule has 0 bridgehead atoms. The standard InChI is InChI=1S/C11H18F3NO3S/c1-9(2,11(12,13)14)6-8(16)15-10(3)4-5-19(17,18)7-10/h4-7H2,1-3H3,(H,15,16)/t10-/m0/s1. The molecule has 4 nitrogen and oxygen atoms in total. The largest absolute Gasteiger partial charge is 0.394 e. The Bertz CT molecular complexity index is 470. The van der Waals surface area contributed by atoms with Crippen LogP contribution in [0.1, 0.15) is 33.6 Å². The highest BCUT2D eigenvalue weighted by Crippen LogP contribution is 2.40. The van der Waals surface area contributed by atoms with E-state index in [1.807, 2.05) is 0 Å². The van der Waals surface area contributed by atoms with Gasteiger partial charge >= 0.3 is 6.18 Å². The molecule has 8 heteroatoms. The second-order valence-corrected chi connectivity index (χ2v) is 8.19. The molecule has 0 aliphatic carbocycles. The highest BCUT2D eigenvalue weighted by Gasteiger charge is 2.49. The number of nitrogens with one attached hydrogen (secondary N) is 1. The van der Waals surface area contributed by atoms with Crippen LogP contribution in [0.2, 0.25) is 0 Å². The Balaban J connectivity index is 2.67. The first-order chi connectivity index (χ1) is 8.27. The maximum absolute atomic E-state index is 12.6. The van der Waals surface area contributed by atoms with Crippen molar-refractivity contribution in [2.75, 3.05) is 11.5 Å². The van der Waals surface area contributed by atoms with Gasteiger partial charge < -0.3 is 5.32 Å². The van der Waals surface area contributed by atoms with E-state index in [2.05, 4.69) is 5.32 Å². The monoisotopic (exact) mass is 301 g/mol. The number of halogens is 3. The van der Waals surface area contributed by atoms with Crippen LogP contribution in [0, 0.1) is 5.41 Å². The third-order valence-corrected chi connectivity index (χ3v) is 5.22. The number of amides is 1. The number of hydrogen-bond acceptors (Lipinski definition) is 3. The number of carbonyl (C=O) groups is 1. The summed E-state index contributed by atoms with van der Waals surface area (Å²) < 4.78 is 60.6. The maximum Gasteiger partial charge on any atom is 0.394 e. The fourth-order valence-corrected chi connectivity index (χ4v) is 4.08. The van der Waals surface area contributed by atoms with E-state index in [1.54, 1.807) is 0 Å². The molecular weight excluding hydrogens is 283 g/mol. The van der Waals surface area contributed by atoms with Crippen molar-refractivity contribution in [2.24, 2.45) is 5.41 Å². The van der Waals surface area contributed by atoms with Gasteiger partial charge in [-0.05, 0) is 13.3 Å². The molecule has 1 atom stereocenters. The Kier molecular flexibility index (Phi) is 3.97. The van der Waals surface area contributed by atoms with E-state index in [1.165, 1.54) is 6.92 Å². The van der Waals surface area contributed by atoms with Crippen LogP contribution in [0.15, 0.2) is 0 Å². The summed E-state index contributed by atoms with van der Waals surface area (Å²) in [5.41, 5.74) is -3.09. The van der Waals surface area contributed by atoms with Crippen LogP contribution in [0.5, 0.6) is 0 Å². The van der Waals surface area contributed by atoms with E-state index in [-0.39, 0.29) is 17.9 Å². The lowest BCUT2D eigenvalue weighted by Crippen LogP contribution is -2.49. The number of hydrogen-bond donors (Lipinski definition) is 1. The second kappa shape index (κ2) is 4.64. The predicted molar refractivity (Wildman–Crippen MR) is 64.3 cm³/mol. The fourth-order valence-electron chi connectivity index (χ4n) is 1.99. The lowest BCUT2D eigenvalue weighted by atomic mass is 9.87. The van der Waals surface area contributed by atoms with E-state index in [4.69, 9.17) is 0 Å². The fraction of sp³-hybridized carbons (Fsp3) is 0.909. The van der Waals surface area contributed by atoms with Crippen molar-refractivity contribution in [2.45, 2.75) is 45.3 Å². The van der Waals surface area contributed by atoms with E-state index < -0.39 is 39.3 Å². The first-order valence-corrected chi connectivity index (χ1v) is 7.67. The quantitative estimate of drug-likeness (QED) is 0.862. The van der Waals surface area contributed by atoms with Gasteiger partial charge in [0.15, 0.2) is 9.84 Å². The van der Waals surface area contributed by atoms with E-state index in [0.717, 1.165) is 13.8 Å². The smallest absolute Gasteiger partial charge is 0.350 e. The van der Waals surface area contributed by atoms with Crippen molar-refractivity contribution in [3.8, 4) is 0 Å². The zero-order valence-corrected chi connectivity index (χ0v) is 11.9. The molecule has 1 amide bonds. The van der Waals surface area contributed by atoms with E-state index in [9.17, 15) is 26.4 Å². The van der Waals surface area contributed by atoms with Gasteiger partial charge in [0.1, 0.15) is 0 Å². The normalized spacial score (nSPS) is 27.3. The van der Waals surface area contributed by atoms with Gasteiger partial charge in [-0.15, -0.1) is 0 Å². The Morgan fingerprint density at radius 2 is 1.84 bits per heavy atom. The van der Waals surface area contributed by atoms with Gasteiger partial charge in [0.25, 0.3) is 0 Å². The summed E-state index contributed by atoms with van der Waals surface area (Å²) in [4.78, 5) is 11.7. The van der Waals surface area contributed by atoms with Crippen LogP contribution < -0.4 is 5.32 Å². The molecule has 1 rings (SSSR count). The van der Waals surface area contributed by atoms with Gasteiger partial charge in [-0.1, -0.05) is 13.8 Å². The molecule has 0 aromatic rings. The minimum Gasteiger partial charge on any atom is -0.350 e. The summed E-state index contributed by atoms with van der Waals surface area (Å²) in [6.45, 7) is 3.43. The molecule has 112 valence electrons. The molecule has 0 unspecified atom stereocenters. The number of sulfone groups is 1. The summed E-state index contributed by atoms with van der Waals surface area (Å²) in [6, 6.07) is 0. The number of carbonyl (C=O) groups excluding carboxylic acids is 1. The van der Waals surface area contributed by atoms with Gasteiger partial charge in [0, 0.05) is 6.42 Å². The Labute approximate surface area is 110 Å². The van der Waals surface area contributed by atoms with Crippen molar-refractivity contribution in [1.82, 2.24) is 5.32 Å². The highest BCUT2D eigenvalue weighted by atomic mass is 32.2. The molecule has 1 heterocycles. The van der Waals surface area contributed by atoms with E-state index in [0.29, 0.717) is 0 Å². The molecule has 1 N–H and O–H groups in total. The summed E-state index contributed by atoms with van der Waals surface area (Å²) in [7, 11) is -3.21. The Morgan fingerprint density at radius 1 is 1.32 bits per heavy atom. The Hall–Kier alpha value is -0.790. The van der Waals surface area contributed by atoms with Gasteiger partial charge in [-0.25, -0.2) is 8.42 Å². The first kappa shape index (κ1) is 16.3. The molecule has 1 aliphatic heterocycles. The first-order valence-electron chi connectivity index (χ1n) is 5.85. The third kappa shape index (κ3) is 4.09. The molecule has 1 saturated heterocycles. The molecular formula is C11H18F3NO3S. The van der Waals surface area contributed by atoms with Gasteiger partial charge in [0.2, 0.25) is 5.91 Å². The van der Waals surface area contributed by atoms with Crippen molar-refractivity contribution in [3.63, 3.8) is 0 Å². The highest BCUT2D eigenvalue weighted by molar-refractivity contribution is 7.91. The number of alkyl halides is 3. The van der Waals surface area contributed by atoms with Crippen LogP contribution in [-0.2, 0) is 14.6 Å². The Morgan fingerprint density at radius 3 is 2.21 bits per heavy atom. The van der Waals surface area contributed by atoms with Crippen molar-refractivity contribution >= 4 is 15.7 Å². The van der Waals surface area contributed by atoms with Crippen LogP contribution >= 0.6 is 0 Å². The van der Waals surface area contributed by atoms with Gasteiger partial charge in [-0.2, -0.15) is 13.2 Å². The third-order valence-electron chi connectivity index (χ3n) is 3.31. The average molecular weight is 301 g/mol. The molecule has 1 fully saturated rings. The molecule has 0 aromatic carbocycles. The molecule has 0 aromatic heterocycles. The zero-order chi connectivity index (χ0) is 15.1. The van der Waals surface area contributed by atoms with E-state index >= 15 is 0 Å². The van der Waals surface area contributed by atoms with Crippen molar-refractivity contribution in [1.29, 1.82) is 0 Å². The lowest BCUT2D eigenvalue weighted by Gasteiger charge is -2.30. The molecule has 0 spiro atoms. The summed E-state index contributed by atoms with van der Waals surface area (Å²) >= 11 is 0. The van der Waals surface area contributed by atoms with Crippen molar-refractivity contribution < 1.29 is 26.4 Å². The zero-order valence-electron chi connectivity index (χ0n) is 11.1. The topological polar surface area (TPSA) is 63.2 Å². The van der Waals surface area contributed by atoms with Gasteiger partial charge in [0.05, 0.1) is 22.5 Å². The SMILES string of the molecule is CC(C)(CC(=O)N[C@@]1(C)CCS(=O)(=O)C1)C(F)(F)F. The van der Waals surface area contributed by atoms with Crippen LogP contribution in [0.3, 0.4) is 0 Å². The summed E-state index contributed by atoms with van der Waals surface area (Å²) in [6.07, 6.45) is -4.97. The van der Waals surface area contributed by atoms with Crippen molar-refractivity contribution in [3.05, 3.63) is 0 Å². The van der Waals surface area contributed by atoms with Crippen LogP contribution in [0.25, 0.3) is 0 Å². The van der Waals surface area contributed by atoms with Crippen LogP contribution in [-0.4, -0.2) is 37.5 Å². The average Bonchev–Trinajstić information content (AvgIpc) is 2.36. The minimum absolute atomic E-state index is 0.0492. The van der Waals surface area contributed by atoms with Gasteiger partial charge in [-0.3, -0.25) is 4.79 Å². The van der Waals surface area contributed by atoms with Crippen LogP contribution in [0.4, 0.5) is 13.2 Å². The molecule has 0 saturated carbocycles. The lowest BCUT2D eigenvalue weighted by molar-refractivity contribution is -0.214. The predicted octanol–water partition coefficient (Wildman–Crippen LogP) is 1.66. The second-order valence-electron chi connectivity index (χ2n) is 6.01. The number of rotatable bonds is 3. The summed E-state index contributed by atoms with van der Waals surface area (Å²) in [5, 5.41) is 2.42. The maximum atomic E-state index is 12.6. The molecule has 19 heavy (non-hydrogen) atoms.